The van der Waals surface area contributed by atoms with Gasteiger partial charge in [-0.2, -0.15) is 5.10 Å². The molecule has 0 aliphatic heterocycles. The summed E-state index contributed by atoms with van der Waals surface area (Å²) in [5.41, 5.74) is 3.77. The third kappa shape index (κ3) is 5.33. The molecule has 0 amide bonds. The second-order valence-electron chi connectivity index (χ2n) is 2.15. The molecule has 0 aromatic heterocycles. The van der Waals surface area contributed by atoms with E-state index in [9.17, 15) is 0 Å². The molecule has 0 bridgehead atoms. The van der Waals surface area contributed by atoms with Crippen molar-refractivity contribution in [1.29, 1.82) is 0 Å². The molecule has 11 heavy (non-hydrogen) atoms. The van der Waals surface area contributed by atoms with Crippen molar-refractivity contribution in [2.75, 3.05) is 0 Å². The van der Waals surface area contributed by atoms with Gasteiger partial charge in [0.15, 0.2) is 0 Å². The van der Waals surface area contributed by atoms with Crippen LogP contribution in [0.2, 0.25) is 0 Å². The van der Waals surface area contributed by atoms with E-state index < -0.39 is 0 Å². The second-order valence-corrected chi connectivity index (χ2v) is 2.15. The monoisotopic (exact) mass is 153 g/mol. The summed E-state index contributed by atoms with van der Waals surface area (Å²) < 4.78 is 0. The lowest BCUT2D eigenvalue weighted by Crippen LogP contribution is -2.05. The molecule has 3 heteroatoms. The minimum Gasteiger partial charge on any atom is -0.262 e. The Kier molecular flexibility index (Phi) is 5.07. The van der Waals surface area contributed by atoms with E-state index in [1.165, 1.54) is 0 Å². The zero-order valence-electron chi connectivity index (χ0n) is 7.39. The highest BCUT2D eigenvalue weighted by molar-refractivity contribution is 5.81. The van der Waals surface area contributed by atoms with Gasteiger partial charge in [-0.3, -0.25) is 5.43 Å². The van der Waals surface area contributed by atoms with Gasteiger partial charge in [-0.15, -0.1) is 0 Å². The van der Waals surface area contributed by atoms with Crippen LogP contribution in [0.5, 0.6) is 0 Å². The van der Waals surface area contributed by atoms with Gasteiger partial charge in [0.1, 0.15) is 5.82 Å². The first-order valence-electron chi connectivity index (χ1n) is 3.67. The fraction of sp³-hybridized carbons (Fsp3) is 0.500. The predicted octanol–water partition coefficient (Wildman–Crippen LogP) is 1.92. The first-order chi connectivity index (χ1) is 5.20. The highest BCUT2D eigenvalue weighted by Crippen LogP contribution is 1.87. The molecule has 0 unspecified atom stereocenters. The van der Waals surface area contributed by atoms with Gasteiger partial charge < -0.3 is 0 Å². The fourth-order valence-electron chi connectivity index (χ4n) is 0.424. The number of aliphatic imine (C=N–C) groups is 1. The van der Waals surface area contributed by atoms with Gasteiger partial charge in [0.05, 0.1) is 0 Å². The SMILES string of the molecule is C=C(N=CC)N/N=C(/C)CC. The lowest BCUT2D eigenvalue weighted by Gasteiger charge is -1.98. The van der Waals surface area contributed by atoms with Crippen molar-refractivity contribution in [2.45, 2.75) is 27.2 Å². The van der Waals surface area contributed by atoms with E-state index in [-0.39, 0.29) is 0 Å². The number of rotatable bonds is 4. The highest BCUT2D eigenvalue weighted by atomic mass is 15.3. The van der Waals surface area contributed by atoms with Crippen LogP contribution >= 0.6 is 0 Å². The van der Waals surface area contributed by atoms with Crippen LogP contribution in [0.25, 0.3) is 0 Å². The standard InChI is InChI=1S/C8H15N3/c1-5-7(3)10-11-8(4)9-6-2/h6,11H,4-5H2,1-3H3/b9-6?,10-7-. The van der Waals surface area contributed by atoms with Crippen molar-refractivity contribution >= 4 is 11.9 Å². The Morgan fingerprint density at radius 3 is 2.73 bits per heavy atom. The second kappa shape index (κ2) is 5.65. The van der Waals surface area contributed by atoms with Crippen molar-refractivity contribution in [3.63, 3.8) is 0 Å². The number of hydrogen-bond acceptors (Lipinski definition) is 3. The lowest BCUT2D eigenvalue weighted by atomic mass is 10.3. The van der Waals surface area contributed by atoms with Crippen molar-refractivity contribution < 1.29 is 0 Å². The molecule has 3 nitrogen and oxygen atoms in total. The summed E-state index contributed by atoms with van der Waals surface area (Å²) in [6.07, 6.45) is 2.61. The van der Waals surface area contributed by atoms with E-state index >= 15 is 0 Å². The Bertz CT molecular complexity index is 180. The van der Waals surface area contributed by atoms with Crippen LogP contribution in [0.3, 0.4) is 0 Å². The van der Waals surface area contributed by atoms with Gasteiger partial charge >= 0.3 is 0 Å². The highest BCUT2D eigenvalue weighted by Gasteiger charge is 1.85. The van der Waals surface area contributed by atoms with Gasteiger partial charge in [0.2, 0.25) is 0 Å². The molecule has 0 aliphatic rings. The van der Waals surface area contributed by atoms with Crippen LogP contribution in [-0.4, -0.2) is 11.9 Å². The molecular formula is C8H15N3. The van der Waals surface area contributed by atoms with Gasteiger partial charge in [-0.25, -0.2) is 4.99 Å². The van der Waals surface area contributed by atoms with Crippen molar-refractivity contribution in [3.8, 4) is 0 Å². The van der Waals surface area contributed by atoms with E-state index in [1.54, 1.807) is 6.21 Å². The molecule has 0 radical (unpaired) electrons. The first kappa shape index (κ1) is 9.88. The molecule has 0 aromatic carbocycles. The quantitative estimate of drug-likeness (QED) is 0.486. The van der Waals surface area contributed by atoms with E-state index in [0.29, 0.717) is 5.82 Å². The van der Waals surface area contributed by atoms with Gasteiger partial charge in [-0.1, -0.05) is 13.5 Å². The lowest BCUT2D eigenvalue weighted by molar-refractivity contribution is 0.869. The van der Waals surface area contributed by atoms with Crippen LogP contribution in [-0.2, 0) is 0 Å². The first-order valence-corrected chi connectivity index (χ1v) is 3.67. The van der Waals surface area contributed by atoms with E-state index in [1.807, 2.05) is 20.8 Å². The third-order valence-corrected chi connectivity index (χ3v) is 1.17. The largest absolute Gasteiger partial charge is 0.262 e. The molecule has 0 aromatic rings. The molecule has 0 aliphatic carbocycles. The molecule has 0 heterocycles. The van der Waals surface area contributed by atoms with Crippen molar-refractivity contribution in [3.05, 3.63) is 12.4 Å². The van der Waals surface area contributed by atoms with Crippen molar-refractivity contribution in [1.82, 2.24) is 5.43 Å². The fourth-order valence-corrected chi connectivity index (χ4v) is 0.424. The summed E-state index contributed by atoms with van der Waals surface area (Å²) in [6.45, 7) is 9.47. The number of hydrogen-bond donors (Lipinski definition) is 1. The van der Waals surface area contributed by atoms with Gasteiger partial charge in [0, 0.05) is 11.9 Å². The van der Waals surface area contributed by atoms with Crippen LogP contribution in [0.4, 0.5) is 0 Å². The van der Waals surface area contributed by atoms with Gasteiger partial charge in [0.25, 0.3) is 0 Å². The minimum absolute atomic E-state index is 0.570. The van der Waals surface area contributed by atoms with Gasteiger partial charge in [-0.05, 0) is 20.3 Å². The maximum atomic E-state index is 4.01. The van der Waals surface area contributed by atoms with Crippen molar-refractivity contribution in [2.24, 2.45) is 10.1 Å². The molecule has 62 valence electrons. The molecule has 1 N–H and O–H groups in total. The summed E-state index contributed by atoms with van der Waals surface area (Å²) in [6, 6.07) is 0. The van der Waals surface area contributed by atoms with Crippen LogP contribution < -0.4 is 5.43 Å². The summed E-state index contributed by atoms with van der Waals surface area (Å²) >= 11 is 0. The number of hydrazone groups is 1. The topological polar surface area (TPSA) is 36.8 Å². The Morgan fingerprint density at radius 1 is 1.64 bits per heavy atom. The smallest absolute Gasteiger partial charge is 0.138 e. The van der Waals surface area contributed by atoms with E-state index in [4.69, 9.17) is 0 Å². The van der Waals surface area contributed by atoms with E-state index in [2.05, 4.69) is 22.1 Å². The summed E-state index contributed by atoms with van der Waals surface area (Å²) in [5.74, 6) is 0.570. The molecule has 0 fully saturated rings. The normalized spacial score (nSPS) is 12.1. The summed E-state index contributed by atoms with van der Waals surface area (Å²) in [7, 11) is 0. The number of nitrogens with zero attached hydrogens (tertiary/aromatic N) is 2. The van der Waals surface area contributed by atoms with Crippen LogP contribution in [0, 0.1) is 0 Å². The Labute approximate surface area is 67.9 Å². The molecule has 0 atom stereocenters. The molecular weight excluding hydrogens is 138 g/mol. The number of nitrogens with one attached hydrogen (secondary N) is 1. The Hall–Kier alpha value is -1.12. The average Bonchev–Trinajstić information content (AvgIpc) is 2.01. The Balaban J connectivity index is 3.78. The maximum Gasteiger partial charge on any atom is 0.138 e. The van der Waals surface area contributed by atoms with E-state index in [0.717, 1.165) is 12.1 Å². The summed E-state index contributed by atoms with van der Waals surface area (Å²) in [5, 5.41) is 4.01. The molecule has 0 spiro atoms. The molecule has 0 saturated carbocycles. The molecule has 0 saturated heterocycles. The maximum absolute atomic E-state index is 4.01. The third-order valence-electron chi connectivity index (χ3n) is 1.17. The zero-order chi connectivity index (χ0) is 8.69. The minimum atomic E-state index is 0.570. The zero-order valence-corrected chi connectivity index (χ0v) is 7.39. The Morgan fingerprint density at radius 2 is 2.27 bits per heavy atom. The van der Waals surface area contributed by atoms with Crippen LogP contribution in [0.15, 0.2) is 22.5 Å². The predicted molar refractivity (Wildman–Crippen MR) is 49.8 cm³/mol. The average molecular weight is 153 g/mol. The molecule has 0 rings (SSSR count). The summed E-state index contributed by atoms with van der Waals surface area (Å²) in [4.78, 5) is 3.89. The van der Waals surface area contributed by atoms with Crippen LogP contribution in [0.1, 0.15) is 27.2 Å².